The Hall–Kier alpha value is -0.0800. The molecule has 0 N–H and O–H groups in total. The van der Waals surface area contributed by atoms with Gasteiger partial charge in [0.1, 0.15) is 6.61 Å². The number of fused-ring (bicyclic) bond motifs is 2. The molecular weight excluding hydrogens is 140 g/mol. The summed E-state index contributed by atoms with van der Waals surface area (Å²) in [5, 5.41) is 0. The lowest BCUT2D eigenvalue weighted by atomic mass is 9.97. The predicted molar refractivity (Wildman–Crippen MR) is 40.1 cm³/mol. The van der Waals surface area contributed by atoms with E-state index >= 15 is 0 Å². The van der Waals surface area contributed by atoms with Gasteiger partial charge in [-0.25, -0.2) is 0 Å². The molecule has 2 bridgehead atoms. The van der Waals surface area contributed by atoms with Gasteiger partial charge in [0.15, 0.2) is 6.29 Å². The average Bonchev–Trinajstić information content (AvgIpc) is 2.63. The molecule has 1 saturated heterocycles. The molecule has 1 atom stereocenters. The zero-order valence-corrected chi connectivity index (χ0v) is 6.71. The minimum absolute atomic E-state index is 0.173. The van der Waals surface area contributed by atoms with Crippen LogP contribution in [0.5, 0.6) is 0 Å². The molecule has 11 heavy (non-hydrogen) atoms. The van der Waals surface area contributed by atoms with Crippen molar-refractivity contribution in [3.8, 4) is 0 Å². The minimum Gasteiger partial charge on any atom is -0.345 e. The topological polar surface area (TPSA) is 21.8 Å². The smallest absolute Gasteiger partial charge is 0.181 e. The molecule has 2 saturated carbocycles. The van der Waals surface area contributed by atoms with Crippen molar-refractivity contribution in [1.29, 1.82) is 0 Å². The van der Waals surface area contributed by atoms with Crippen LogP contribution in [0.25, 0.3) is 0 Å². The molecule has 0 radical (unpaired) electrons. The Balaban J connectivity index is 1.72. The Morgan fingerprint density at radius 1 is 1.27 bits per heavy atom. The van der Waals surface area contributed by atoms with Crippen LogP contribution in [-0.2, 0) is 9.47 Å². The van der Waals surface area contributed by atoms with E-state index in [4.69, 9.17) is 9.47 Å². The molecule has 3 rings (SSSR count). The lowest BCUT2D eigenvalue weighted by molar-refractivity contribution is -0.0840. The summed E-state index contributed by atoms with van der Waals surface area (Å²) < 4.78 is 11.0. The maximum absolute atomic E-state index is 5.88. The molecule has 0 amide bonds. The SMILES string of the molecule is C1CC2(OC3CO3)CCC1C2. The third kappa shape index (κ3) is 1.00. The lowest BCUT2D eigenvalue weighted by Crippen LogP contribution is -2.28. The van der Waals surface area contributed by atoms with Gasteiger partial charge in [-0.3, -0.25) is 0 Å². The summed E-state index contributed by atoms with van der Waals surface area (Å²) in [4.78, 5) is 0. The third-order valence-electron chi connectivity index (χ3n) is 3.36. The highest BCUT2D eigenvalue weighted by molar-refractivity contribution is 4.98. The van der Waals surface area contributed by atoms with Gasteiger partial charge in [0, 0.05) is 0 Å². The Morgan fingerprint density at radius 3 is 2.45 bits per heavy atom. The molecule has 1 heterocycles. The molecule has 3 fully saturated rings. The van der Waals surface area contributed by atoms with E-state index in [9.17, 15) is 0 Å². The van der Waals surface area contributed by atoms with Crippen molar-refractivity contribution in [3.63, 3.8) is 0 Å². The summed E-state index contributed by atoms with van der Waals surface area (Å²) in [5.41, 5.74) is 0.270. The van der Waals surface area contributed by atoms with Crippen LogP contribution in [0, 0.1) is 5.92 Å². The third-order valence-corrected chi connectivity index (χ3v) is 3.36. The first-order valence-corrected chi connectivity index (χ1v) is 4.66. The van der Waals surface area contributed by atoms with E-state index < -0.39 is 0 Å². The highest BCUT2D eigenvalue weighted by atomic mass is 16.8. The summed E-state index contributed by atoms with van der Waals surface area (Å²) in [6, 6.07) is 0. The van der Waals surface area contributed by atoms with Crippen LogP contribution in [0.2, 0.25) is 0 Å². The number of rotatable bonds is 2. The van der Waals surface area contributed by atoms with Gasteiger partial charge < -0.3 is 9.47 Å². The van der Waals surface area contributed by atoms with Gasteiger partial charge in [0.2, 0.25) is 0 Å². The van der Waals surface area contributed by atoms with Gasteiger partial charge >= 0.3 is 0 Å². The van der Waals surface area contributed by atoms with Gasteiger partial charge in [0.05, 0.1) is 5.60 Å². The predicted octanol–water partition coefficient (Wildman–Crippen LogP) is 1.69. The van der Waals surface area contributed by atoms with E-state index in [1.54, 1.807) is 0 Å². The zero-order chi connectivity index (χ0) is 7.31. The summed E-state index contributed by atoms with van der Waals surface area (Å²) >= 11 is 0. The first-order chi connectivity index (χ1) is 5.36. The molecular formula is C9H14O2. The number of epoxide rings is 1. The van der Waals surface area contributed by atoms with Crippen LogP contribution >= 0.6 is 0 Å². The molecule has 0 aromatic heterocycles. The molecule has 2 aliphatic carbocycles. The highest BCUT2D eigenvalue weighted by Gasteiger charge is 2.48. The van der Waals surface area contributed by atoms with E-state index in [2.05, 4.69) is 0 Å². The van der Waals surface area contributed by atoms with Crippen LogP contribution in [-0.4, -0.2) is 18.5 Å². The van der Waals surface area contributed by atoms with Crippen LogP contribution in [0.1, 0.15) is 32.1 Å². The number of hydrogen-bond acceptors (Lipinski definition) is 2. The second-order valence-corrected chi connectivity index (χ2v) is 4.21. The fourth-order valence-corrected chi connectivity index (χ4v) is 2.69. The molecule has 1 aliphatic heterocycles. The van der Waals surface area contributed by atoms with Crippen molar-refractivity contribution in [1.82, 2.24) is 0 Å². The quantitative estimate of drug-likeness (QED) is 0.564. The summed E-state index contributed by atoms with van der Waals surface area (Å²) in [6.45, 7) is 0.840. The van der Waals surface area contributed by atoms with Gasteiger partial charge in [-0.05, 0) is 38.0 Å². The van der Waals surface area contributed by atoms with Crippen molar-refractivity contribution < 1.29 is 9.47 Å². The second-order valence-electron chi connectivity index (χ2n) is 4.21. The zero-order valence-electron chi connectivity index (χ0n) is 6.71. The van der Waals surface area contributed by atoms with Crippen LogP contribution < -0.4 is 0 Å². The number of hydrogen-bond donors (Lipinski definition) is 0. The van der Waals surface area contributed by atoms with E-state index in [0.29, 0.717) is 0 Å². The fraction of sp³-hybridized carbons (Fsp3) is 1.00. The average molecular weight is 154 g/mol. The van der Waals surface area contributed by atoms with E-state index in [1.807, 2.05) is 0 Å². The number of ether oxygens (including phenoxy) is 2. The van der Waals surface area contributed by atoms with Gasteiger partial charge in [-0.2, -0.15) is 0 Å². The second kappa shape index (κ2) is 1.99. The van der Waals surface area contributed by atoms with Gasteiger partial charge in [-0.1, -0.05) is 0 Å². The van der Waals surface area contributed by atoms with Crippen molar-refractivity contribution in [2.45, 2.75) is 44.0 Å². The molecule has 1 unspecified atom stereocenters. The Kier molecular flexibility index (Phi) is 1.16. The maximum Gasteiger partial charge on any atom is 0.181 e. The molecule has 3 aliphatic rings. The Labute approximate surface area is 66.9 Å². The monoisotopic (exact) mass is 154 g/mol. The van der Waals surface area contributed by atoms with Crippen LogP contribution in [0.15, 0.2) is 0 Å². The first kappa shape index (κ1) is 6.44. The van der Waals surface area contributed by atoms with Crippen molar-refractivity contribution in [2.75, 3.05) is 6.61 Å². The molecule has 62 valence electrons. The van der Waals surface area contributed by atoms with Crippen molar-refractivity contribution >= 4 is 0 Å². The lowest BCUT2D eigenvalue weighted by Gasteiger charge is -2.25. The summed E-state index contributed by atoms with van der Waals surface area (Å²) in [5.74, 6) is 0.980. The summed E-state index contributed by atoms with van der Waals surface area (Å²) in [6.07, 6.45) is 6.85. The normalized spacial score (nSPS) is 53.5. The molecule has 0 aromatic carbocycles. The van der Waals surface area contributed by atoms with Crippen LogP contribution in [0.3, 0.4) is 0 Å². The minimum atomic E-state index is 0.173. The van der Waals surface area contributed by atoms with Crippen molar-refractivity contribution in [2.24, 2.45) is 5.92 Å². The van der Waals surface area contributed by atoms with Crippen LogP contribution in [0.4, 0.5) is 0 Å². The van der Waals surface area contributed by atoms with E-state index in [-0.39, 0.29) is 11.9 Å². The van der Waals surface area contributed by atoms with Gasteiger partial charge in [0.25, 0.3) is 0 Å². The largest absolute Gasteiger partial charge is 0.345 e. The molecule has 0 aromatic rings. The fourth-order valence-electron chi connectivity index (χ4n) is 2.69. The maximum atomic E-state index is 5.88. The highest BCUT2D eigenvalue weighted by Crippen LogP contribution is 2.51. The van der Waals surface area contributed by atoms with Crippen molar-refractivity contribution in [3.05, 3.63) is 0 Å². The summed E-state index contributed by atoms with van der Waals surface area (Å²) in [7, 11) is 0. The molecule has 2 nitrogen and oxygen atoms in total. The van der Waals surface area contributed by atoms with Gasteiger partial charge in [-0.15, -0.1) is 0 Å². The standard InChI is InChI=1S/C9H14O2/c1-3-9(11-8-6-10-8)4-2-7(1)5-9/h7-8H,1-6H2. The Bertz CT molecular complexity index is 166. The Morgan fingerprint density at radius 2 is 2.00 bits per heavy atom. The first-order valence-electron chi connectivity index (χ1n) is 4.66. The molecule has 2 heteroatoms. The molecule has 0 spiro atoms. The van der Waals surface area contributed by atoms with E-state index in [0.717, 1.165) is 12.5 Å². The van der Waals surface area contributed by atoms with E-state index in [1.165, 1.54) is 32.1 Å².